The van der Waals surface area contributed by atoms with Crippen molar-refractivity contribution < 1.29 is 17.6 Å². The zero-order valence-electron chi connectivity index (χ0n) is 14.5. The minimum Gasteiger partial charge on any atom is -0.355 e. The van der Waals surface area contributed by atoms with Crippen LogP contribution in [0.5, 0.6) is 0 Å². The molecule has 0 bridgehead atoms. The van der Waals surface area contributed by atoms with Gasteiger partial charge in [0.1, 0.15) is 5.82 Å². The molecule has 0 spiro atoms. The Labute approximate surface area is 148 Å². The summed E-state index contributed by atoms with van der Waals surface area (Å²) in [6, 6.07) is 4.77. The van der Waals surface area contributed by atoms with Gasteiger partial charge in [0.2, 0.25) is 15.9 Å². The van der Waals surface area contributed by atoms with E-state index in [0.717, 1.165) is 25.1 Å². The van der Waals surface area contributed by atoms with Gasteiger partial charge in [-0.25, -0.2) is 12.8 Å². The first-order chi connectivity index (χ1) is 11.9. The summed E-state index contributed by atoms with van der Waals surface area (Å²) in [6.07, 6.45) is 2.34. The van der Waals surface area contributed by atoms with E-state index in [1.54, 1.807) is 0 Å². The number of carbonyl (C=O) groups is 1. The van der Waals surface area contributed by atoms with Crippen molar-refractivity contribution in [2.24, 2.45) is 5.92 Å². The molecular weight excluding hydrogens is 345 g/mol. The Morgan fingerprint density at radius 1 is 1.24 bits per heavy atom. The summed E-state index contributed by atoms with van der Waals surface area (Å²) < 4.78 is 39.7. The maximum Gasteiger partial charge on any atom is 0.243 e. The van der Waals surface area contributed by atoms with Crippen molar-refractivity contribution in [2.75, 3.05) is 32.7 Å². The van der Waals surface area contributed by atoms with Crippen LogP contribution in [0.15, 0.2) is 29.2 Å². The number of halogens is 1. The third-order valence-corrected chi connectivity index (χ3v) is 6.11. The minimum absolute atomic E-state index is 0.0544. The molecule has 1 fully saturated rings. The molecule has 1 aromatic carbocycles. The first-order valence-corrected chi connectivity index (χ1v) is 10.1. The van der Waals surface area contributed by atoms with E-state index in [0.29, 0.717) is 32.5 Å². The van der Waals surface area contributed by atoms with Gasteiger partial charge in [-0.2, -0.15) is 4.31 Å². The SMILES string of the molecule is CCCNCCNC(=O)C1CCCN(S(=O)(=O)c2ccc(F)cc2)C1. The predicted molar refractivity (Wildman–Crippen MR) is 94.1 cm³/mol. The Morgan fingerprint density at radius 3 is 2.64 bits per heavy atom. The van der Waals surface area contributed by atoms with Gasteiger partial charge in [0.25, 0.3) is 0 Å². The molecule has 0 saturated carbocycles. The van der Waals surface area contributed by atoms with E-state index >= 15 is 0 Å². The molecule has 25 heavy (non-hydrogen) atoms. The van der Waals surface area contributed by atoms with E-state index < -0.39 is 15.8 Å². The summed E-state index contributed by atoms with van der Waals surface area (Å²) in [5.74, 6) is -0.945. The maximum atomic E-state index is 13.0. The van der Waals surface area contributed by atoms with E-state index in [-0.39, 0.29) is 23.3 Å². The molecular formula is C17H26FN3O3S. The highest BCUT2D eigenvalue weighted by atomic mass is 32.2. The number of rotatable bonds is 8. The van der Waals surface area contributed by atoms with Crippen LogP contribution in [0.1, 0.15) is 26.2 Å². The van der Waals surface area contributed by atoms with Gasteiger partial charge < -0.3 is 10.6 Å². The largest absolute Gasteiger partial charge is 0.355 e. The second-order valence-electron chi connectivity index (χ2n) is 6.20. The van der Waals surface area contributed by atoms with Crippen molar-refractivity contribution in [1.29, 1.82) is 0 Å². The number of sulfonamides is 1. The Morgan fingerprint density at radius 2 is 1.96 bits per heavy atom. The second-order valence-corrected chi connectivity index (χ2v) is 8.14. The number of nitrogens with one attached hydrogen (secondary N) is 2. The fourth-order valence-corrected chi connectivity index (χ4v) is 4.37. The molecule has 1 unspecified atom stereocenters. The normalized spacial score (nSPS) is 18.9. The summed E-state index contributed by atoms with van der Waals surface area (Å²) >= 11 is 0. The smallest absolute Gasteiger partial charge is 0.243 e. The van der Waals surface area contributed by atoms with Gasteiger partial charge in [0.15, 0.2) is 0 Å². The average molecular weight is 371 g/mol. The van der Waals surface area contributed by atoms with Crippen LogP contribution in [0.4, 0.5) is 4.39 Å². The highest BCUT2D eigenvalue weighted by molar-refractivity contribution is 7.89. The number of hydrogen-bond donors (Lipinski definition) is 2. The average Bonchev–Trinajstić information content (AvgIpc) is 2.62. The van der Waals surface area contributed by atoms with Crippen LogP contribution in [-0.2, 0) is 14.8 Å². The fraction of sp³-hybridized carbons (Fsp3) is 0.588. The predicted octanol–water partition coefficient (Wildman–Crippen LogP) is 1.34. The monoisotopic (exact) mass is 371 g/mol. The van der Waals surface area contributed by atoms with Crippen LogP contribution < -0.4 is 10.6 Å². The summed E-state index contributed by atoms with van der Waals surface area (Å²) in [6.45, 7) is 4.74. The van der Waals surface area contributed by atoms with Gasteiger partial charge in [-0.05, 0) is 50.1 Å². The van der Waals surface area contributed by atoms with Gasteiger partial charge >= 0.3 is 0 Å². The number of piperidine rings is 1. The molecule has 8 heteroatoms. The van der Waals surface area contributed by atoms with Crippen LogP contribution in [-0.4, -0.2) is 51.4 Å². The third kappa shape index (κ3) is 5.49. The molecule has 2 N–H and O–H groups in total. The molecule has 6 nitrogen and oxygen atoms in total. The first kappa shape index (κ1) is 19.8. The molecule has 1 atom stereocenters. The maximum absolute atomic E-state index is 13.0. The van der Waals surface area contributed by atoms with Crippen LogP contribution >= 0.6 is 0 Å². The van der Waals surface area contributed by atoms with Gasteiger partial charge in [0.05, 0.1) is 10.8 Å². The van der Waals surface area contributed by atoms with Gasteiger partial charge in [-0.3, -0.25) is 4.79 Å². The lowest BCUT2D eigenvalue weighted by molar-refractivity contribution is -0.126. The van der Waals surface area contributed by atoms with Crippen molar-refractivity contribution in [3.05, 3.63) is 30.1 Å². The summed E-state index contributed by atoms with van der Waals surface area (Å²) in [7, 11) is -3.70. The lowest BCUT2D eigenvalue weighted by Crippen LogP contribution is -2.46. The Hall–Kier alpha value is -1.51. The number of benzene rings is 1. The molecule has 0 radical (unpaired) electrons. The number of hydrogen-bond acceptors (Lipinski definition) is 4. The van der Waals surface area contributed by atoms with Gasteiger partial charge in [0, 0.05) is 26.2 Å². The molecule has 2 rings (SSSR count). The first-order valence-electron chi connectivity index (χ1n) is 8.69. The zero-order chi connectivity index (χ0) is 18.3. The molecule has 1 saturated heterocycles. The van der Waals surface area contributed by atoms with Gasteiger partial charge in [-0.15, -0.1) is 0 Å². The number of nitrogens with zero attached hydrogens (tertiary/aromatic N) is 1. The molecule has 1 heterocycles. The fourth-order valence-electron chi connectivity index (χ4n) is 2.85. The zero-order valence-corrected chi connectivity index (χ0v) is 15.3. The molecule has 0 aliphatic carbocycles. The van der Waals surface area contributed by atoms with Crippen molar-refractivity contribution >= 4 is 15.9 Å². The summed E-state index contributed by atoms with van der Waals surface area (Å²) in [4.78, 5) is 12.3. The molecule has 140 valence electrons. The topological polar surface area (TPSA) is 78.5 Å². The van der Waals surface area contributed by atoms with E-state index in [4.69, 9.17) is 0 Å². The molecule has 1 aliphatic rings. The Bertz CT molecular complexity index is 664. The molecule has 1 aromatic rings. The van der Waals surface area contributed by atoms with Crippen molar-refractivity contribution in [3.8, 4) is 0 Å². The second kappa shape index (κ2) is 9.26. The van der Waals surface area contributed by atoms with Crippen LogP contribution in [0.3, 0.4) is 0 Å². The van der Waals surface area contributed by atoms with E-state index in [1.807, 2.05) is 0 Å². The van der Waals surface area contributed by atoms with Crippen molar-refractivity contribution in [2.45, 2.75) is 31.1 Å². The molecule has 0 aromatic heterocycles. The quantitative estimate of drug-likeness (QED) is 0.676. The van der Waals surface area contributed by atoms with Crippen molar-refractivity contribution in [1.82, 2.24) is 14.9 Å². The molecule has 1 aliphatic heterocycles. The number of carbonyl (C=O) groups excluding carboxylic acids is 1. The van der Waals surface area contributed by atoms with E-state index in [1.165, 1.54) is 16.4 Å². The molecule has 1 amide bonds. The lowest BCUT2D eigenvalue weighted by atomic mass is 9.99. The van der Waals surface area contributed by atoms with Crippen LogP contribution in [0.25, 0.3) is 0 Å². The highest BCUT2D eigenvalue weighted by Gasteiger charge is 2.33. The Balaban J connectivity index is 1.93. The highest BCUT2D eigenvalue weighted by Crippen LogP contribution is 2.24. The van der Waals surface area contributed by atoms with Crippen molar-refractivity contribution in [3.63, 3.8) is 0 Å². The van der Waals surface area contributed by atoms with Gasteiger partial charge in [-0.1, -0.05) is 6.92 Å². The van der Waals surface area contributed by atoms with E-state index in [2.05, 4.69) is 17.6 Å². The number of amides is 1. The minimum atomic E-state index is -3.70. The third-order valence-electron chi connectivity index (χ3n) is 4.23. The van der Waals surface area contributed by atoms with Crippen LogP contribution in [0.2, 0.25) is 0 Å². The van der Waals surface area contributed by atoms with Crippen LogP contribution in [0, 0.1) is 11.7 Å². The summed E-state index contributed by atoms with van der Waals surface area (Å²) in [5, 5.41) is 6.06. The summed E-state index contributed by atoms with van der Waals surface area (Å²) in [5.41, 5.74) is 0. The Kier molecular flexibility index (Phi) is 7.34. The standard InChI is InChI=1S/C17H26FN3O3S/c1-2-9-19-10-11-20-17(22)14-4-3-12-21(13-14)25(23,24)16-7-5-15(18)6-8-16/h5-8,14,19H,2-4,9-13H2,1H3,(H,20,22). The lowest BCUT2D eigenvalue weighted by Gasteiger charge is -2.31. The van der Waals surface area contributed by atoms with E-state index in [9.17, 15) is 17.6 Å².